The van der Waals surface area contributed by atoms with Crippen molar-refractivity contribution in [1.82, 2.24) is 10.3 Å². The van der Waals surface area contributed by atoms with Crippen molar-refractivity contribution in [3.05, 3.63) is 50.4 Å². The first-order valence-corrected chi connectivity index (χ1v) is 7.27. The summed E-state index contributed by atoms with van der Waals surface area (Å²) in [4.78, 5) is 4.33. The Morgan fingerprint density at radius 1 is 1.22 bits per heavy atom. The van der Waals surface area contributed by atoms with E-state index in [2.05, 4.69) is 24.1 Å². The van der Waals surface area contributed by atoms with Crippen LogP contribution < -0.4 is 5.32 Å². The van der Waals surface area contributed by atoms with Crippen LogP contribution in [-0.2, 0) is 0 Å². The molecular formula is C13H14Cl2N2S. The van der Waals surface area contributed by atoms with Gasteiger partial charge in [0.2, 0.25) is 0 Å². The van der Waals surface area contributed by atoms with E-state index in [4.69, 9.17) is 23.2 Å². The Morgan fingerprint density at radius 3 is 2.56 bits per heavy atom. The summed E-state index contributed by atoms with van der Waals surface area (Å²) in [6.07, 6.45) is 1.80. The van der Waals surface area contributed by atoms with E-state index in [1.54, 1.807) is 6.20 Å². The summed E-state index contributed by atoms with van der Waals surface area (Å²) >= 11 is 13.5. The van der Waals surface area contributed by atoms with E-state index < -0.39 is 0 Å². The van der Waals surface area contributed by atoms with Crippen molar-refractivity contribution in [2.75, 3.05) is 0 Å². The van der Waals surface area contributed by atoms with Gasteiger partial charge in [0.25, 0.3) is 0 Å². The van der Waals surface area contributed by atoms with Crippen molar-refractivity contribution >= 4 is 34.5 Å². The molecule has 0 aliphatic heterocycles. The quantitative estimate of drug-likeness (QED) is 0.872. The normalized spacial score (nSPS) is 14.4. The summed E-state index contributed by atoms with van der Waals surface area (Å²) in [7, 11) is 0. The number of hydrogen-bond donors (Lipinski definition) is 1. The fourth-order valence-corrected chi connectivity index (χ4v) is 3.48. The van der Waals surface area contributed by atoms with Crippen molar-refractivity contribution in [1.29, 1.82) is 0 Å². The van der Waals surface area contributed by atoms with Crippen LogP contribution in [0, 0.1) is 0 Å². The van der Waals surface area contributed by atoms with E-state index in [1.165, 1.54) is 11.3 Å². The Morgan fingerprint density at radius 2 is 2.00 bits per heavy atom. The zero-order chi connectivity index (χ0) is 13.1. The van der Waals surface area contributed by atoms with Gasteiger partial charge in [-0.05, 0) is 37.6 Å². The highest BCUT2D eigenvalue weighted by Crippen LogP contribution is 2.35. The first-order chi connectivity index (χ1) is 8.58. The number of rotatable bonds is 4. The third kappa shape index (κ3) is 3.23. The maximum atomic E-state index is 6.15. The minimum Gasteiger partial charge on any atom is -0.302 e. The third-order valence-electron chi connectivity index (χ3n) is 2.78. The number of halogens is 2. The maximum absolute atomic E-state index is 6.15. The van der Waals surface area contributed by atoms with Gasteiger partial charge in [-0.25, -0.2) is 0 Å². The molecule has 2 rings (SSSR count). The van der Waals surface area contributed by atoms with Gasteiger partial charge in [0.1, 0.15) is 0 Å². The summed E-state index contributed by atoms with van der Waals surface area (Å²) in [5, 5.41) is 3.47. The maximum Gasteiger partial charge on any atom is 0.0991 e. The lowest BCUT2D eigenvalue weighted by Crippen LogP contribution is -2.23. The molecule has 2 heterocycles. The largest absolute Gasteiger partial charge is 0.302 e. The van der Waals surface area contributed by atoms with Crippen LogP contribution in [0.3, 0.4) is 0 Å². The van der Waals surface area contributed by atoms with E-state index in [-0.39, 0.29) is 12.1 Å². The fraction of sp³-hybridized carbons (Fsp3) is 0.308. The molecule has 0 saturated carbocycles. The Labute approximate surface area is 121 Å². The molecule has 0 aliphatic carbocycles. The minimum atomic E-state index is 0.137. The molecule has 2 atom stereocenters. The molecule has 0 aliphatic rings. The average molecular weight is 301 g/mol. The Balaban J connectivity index is 2.08. The first kappa shape index (κ1) is 13.8. The Kier molecular flexibility index (Phi) is 4.62. The lowest BCUT2D eigenvalue weighted by Gasteiger charge is -2.19. The highest BCUT2D eigenvalue weighted by molar-refractivity contribution is 7.20. The number of aromatic nitrogens is 1. The molecule has 1 unspecified atom stereocenters. The van der Waals surface area contributed by atoms with Crippen LogP contribution >= 0.6 is 34.5 Å². The predicted octanol–water partition coefficient (Wildman–Crippen LogP) is 4.86. The zero-order valence-corrected chi connectivity index (χ0v) is 12.5. The van der Waals surface area contributed by atoms with E-state index in [1.807, 2.05) is 24.3 Å². The topological polar surface area (TPSA) is 24.9 Å². The van der Waals surface area contributed by atoms with E-state index in [0.29, 0.717) is 4.34 Å². The summed E-state index contributed by atoms with van der Waals surface area (Å²) < 4.78 is 1.46. The van der Waals surface area contributed by atoms with Gasteiger partial charge in [-0.3, -0.25) is 4.98 Å². The van der Waals surface area contributed by atoms with Crippen LogP contribution in [0.1, 0.15) is 37.2 Å². The zero-order valence-electron chi connectivity index (χ0n) is 10.2. The fourth-order valence-electron chi connectivity index (χ4n) is 1.83. The van der Waals surface area contributed by atoms with Gasteiger partial charge in [0, 0.05) is 18.3 Å². The van der Waals surface area contributed by atoms with Crippen LogP contribution in [0.25, 0.3) is 0 Å². The molecule has 0 saturated heterocycles. The van der Waals surface area contributed by atoms with E-state index in [0.717, 1.165) is 15.6 Å². The molecule has 0 spiro atoms. The van der Waals surface area contributed by atoms with Gasteiger partial charge in [-0.1, -0.05) is 29.3 Å². The van der Waals surface area contributed by atoms with Gasteiger partial charge < -0.3 is 5.32 Å². The molecule has 0 amide bonds. The average Bonchev–Trinajstić information content (AvgIpc) is 2.69. The molecule has 5 heteroatoms. The van der Waals surface area contributed by atoms with Crippen LogP contribution in [0.4, 0.5) is 0 Å². The smallest absolute Gasteiger partial charge is 0.0991 e. The Bertz CT molecular complexity index is 513. The molecule has 1 N–H and O–H groups in total. The molecule has 0 fully saturated rings. The number of nitrogens with one attached hydrogen (secondary N) is 1. The molecule has 2 aromatic heterocycles. The monoisotopic (exact) mass is 300 g/mol. The molecule has 18 heavy (non-hydrogen) atoms. The van der Waals surface area contributed by atoms with Gasteiger partial charge in [-0.15, -0.1) is 11.3 Å². The van der Waals surface area contributed by atoms with E-state index >= 15 is 0 Å². The van der Waals surface area contributed by atoms with Gasteiger partial charge in [-0.2, -0.15) is 0 Å². The third-order valence-corrected chi connectivity index (χ3v) is 4.30. The second kappa shape index (κ2) is 6.02. The van der Waals surface area contributed by atoms with Crippen LogP contribution in [0.15, 0.2) is 30.5 Å². The number of pyridine rings is 1. The van der Waals surface area contributed by atoms with E-state index in [9.17, 15) is 0 Å². The number of nitrogens with zero attached hydrogens (tertiary/aromatic N) is 1. The van der Waals surface area contributed by atoms with Crippen molar-refractivity contribution in [2.24, 2.45) is 0 Å². The van der Waals surface area contributed by atoms with Crippen LogP contribution in [0.5, 0.6) is 0 Å². The second-order valence-corrected chi connectivity index (χ2v) is 6.43. The summed E-state index contributed by atoms with van der Waals surface area (Å²) in [6, 6.07) is 8.12. The first-order valence-electron chi connectivity index (χ1n) is 5.69. The number of hydrogen-bond acceptors (Lipinski definition) is 3. The molecule has 0 aromatic carbocycles. The Hall–Kier alpha value is -0.610. The summed E-state index contributed by atoms with van der Waals surface area (Å²) in [5.41, 5.74) is 2.05. The van der Waals surface area contributed by atoms with Crippen LogP contribution in [-0.4, -0.2) is 4.98 Å². The number of thiophene rings is 1. The van der Waals surface area contributed by atoms with Gasteiger partial charge in [0.15, 0.2) is 0 Å². The molecule has 2 aromatic rings. The lowest BCUT2D eigenvalue weighted by atomic mass is 10.1. The van der Waals surface area contributed by atoms with Crippen molar-refractivity contribution in [3.8, 4) is 0 Å². The molecule has 2 nitrogen and oxygen atoms in total. The second-order valence-electron chi connectivity index (χ2n) is 4.14. The summed E-state index contributed by atoms with van der Waals surface area (Å²) in [5.74, 6) is 0. The van der Waals surface area contributed by atoms with Gasteiger partial charge in [0.05, 0.1) is 14.4 Å². The van der Waals surface area contributed by atoms with Crippen molar-refractivity contribution < 1.29 is 0 Å². The van der Waals surface area contributed by atoms with Crippen molar-refractivity contribution in [2.45, 2.75) is 25.9 Å². The molecule has 96 valence electrons. The minimum absolute atomic E-state index is 0.137. The molecule has 0 bridgehead atoms. The lowest BCUT2D eigenvalue weighted by molar-refractivity contribution is 0.487. The summed E-state index contributed by atoms with van der Waals surface area (Å²) in [6.45, 7) is 4.16. The van der Waals surface area contributed by atoms with Crippen molar-refractivity contribution in [3.63, 3.8) is 0 Å². The SMILES string of the molecule is CC(N[C@H](C)c1ccccn1)c1cc(Cl)sc1Cl. The predicted molar refractivity (Wildman–Crippen MR) is 78.5 cm³/mol. The van der Waals surface area contributed by atoms with Crippen LogP contribution in [0.2, 0.25) is 8.67 Å². The molecular weight excluding hydrogens is 287 g/mol. The highest BCUT2D eigenvalue weighted by atomic mass is 35.5. The highest BCUT2D eigenvalue weighted by Gasteiger charge is 2.16. The standard InChI is InChI=1S/C13H14Cl2N2S/c1-8(10-7-12(14)18-13(10)15)17-9(2)11-5-3-4-6-16-11/h3-9,17H,1-2H3/t8?,9-/m1/s1. The molecule has 0 radical (unpaired) electrons. The van der Waals surface area contributed by atoms with Gasteiger partial charge >= 0.3 is 0 Å².